The van der Waals surface area contributed by atoms with E-state index in [2.05, 4.69) is 0 Å². The van der Waals surface area contributed by atoms with E-state index < -0.39 is 11.9 Å². The zero-order valence-electron chi connectivity index (χ0n) is 24.2. The van der Waals surface area contributed by atoms with Crippen molar-refractivity contribution in [2.75, 3.05) is 13.2 Å². The Hall–Kier alpha value is -4.23. The van der Waals surface area contributed by atoms with Crippen molar-refractivity contribution in [2.45, 2.75) is 52.0 Å². The smallest absolute Gasteiger partial charge is 0.323 e. The molecule has 2 N–H and O–H groups in total. The van der Waals surface area contributed by atoms with Gasteiger partial charge in [-0.05, 0) is 85.4 Å². The van der Waals surface area contributed by atoms with Gasteiger partial charge in [0.2, 0.25) is 0 Å². The van der Waals surface area contributed by atoms with E-state index in [4.69, 9.17) is 21.1 Å². The molecule has 0 atom stereocenters. The van der Waals surface area contributed by atoms with Gasteiger partial charge in [-0.15, -0.1) is 0 Å². The van der Waals surface area contributed by atoms with Crippen molar-refractivity contribution < 1.29 is 29.3 Å². The van der Waals surface area contributed by atoms with Gasteiger partial charge in [0, 0.05) is 11.1 Å². The molecule has 1 saturated carbocycles. The fraction of sp³-hybridized carbons (Fsp3) is 0.314. The van der Waals surface area contributed by atoms with Crippen LogP contribution in [0.4, 0.5) is 0 Å². The summed E-state index contributed by atoms with van der Waals surface area (Å²) in [6.45, 7) is 2.94. The first kappa shape index (κ1) is 30.2. The number of unbranched alkanes of at least 4 members (excludes halogenated alkanes) is 1. The Bertz CT molecular complexity index is 1630. The largest absolute Gasteiger partial charge is 0.494 e. The zero-order valence-corrected chi connectivity index (χ0v) is 25.0. The van der Waals surface area contributed by atoms with Gasteiger partial charge in [0.05, 0.1) is 30.2 Å². The topological polar surface area (TPSA) is 98.0 Å². The predicted molar refractivity (Wildman–Crippen MR) is 169 cm³/mol. The van der Waals surface area contributed by atoms with E-state index in [1.54, 1.807) is 0 Å². The fourth-order valence-corrected chi connectivity index (χ4v) is 5.80. The number of hydrogen-bond acceptors (Lipinski definition) is 4. The number of fused-ring (bicyclic) bond motifs is 1. The summed E-state index contributed by atoms with van der Waals surface area (Å²) in [7, 11) is 0. The Labute approximate surface area is 256 Å². The van der Waals surface area contributed by atoms with Crippen molar-refractivity contribution in [3.05, 3.63) is 94.1 Å². The van der Waals surface area contributed by atoms with Crippen molar-refractivity contribution in [3.8, 4) is 11.5 Å². The Morgan fingerprint density at radius 3 is 2.30 bits per heavy atom. The van der Waals surface area contributed by atoms with Crippen molar-refractivity contribution in [1.82, 2.24) is 4.57 Å². The van der Waals surface area contributed by atoms with Crippen molar-refractivity contribution in [3.63, 3.8) is 0 Å². The second kappa shape index (κ2) is 13.4. The molecule has 1 aromatic heterocycles. The molecular weight excluding hydrogens is 566 g/mol. The van der Waals surface area contributed by atoms with E-state index in [-0.39, 0.29) is 18.4 Å². The van der Waals surface area contributed by atoms with Crippen LogP contribution in [-0.4, -0.2) is 39.9 Å². The number of ether oxygens (including phenoxy) is 2. The highest BCUT2D eigenvalue weighted by molar-refractivity contribution is 6.32. The number of halogens is 1. The van der Waals surface area contributed by atoms with Crippen LogP contribution in [0.25, 0.3) is 23.1 Å². The van der Waals surface area contributed by atoms with Gasteiger partial charge in [-0.3, -0.25) is 9.59 Å². The molecule has 1 aliphatic carbocycles. The van der Waals surface area contributed by atoms with Gasteiger partial charge in [-0.1, -0.05) is 66.2 Å². The Balaban J connectivity index is 1.24. The van der Waals surface area contributed by atoms with Gasteiger partial charge in [0.25, 0.3) is 0 Å². The molecule has 43 heavy (non-hydrogen) atoms. The second-order valence-corrected chi connectivity index (χ2v) is 11.7. The van der Waals surface area contributed by atoms with Crippen LogP contribution in [0, 0.1) is 12.3 Å². The molecule has 3 aromatic carbocycles. The maximum absolute atomic E-state index is 11.8. The van der Waals surface area contributed by atoms with Crippen LogP contribution in [0.2, 0.25) is 5.02 Å². The van der Waals surface area contributed by atoms with Gasteiger partial charge in [-0.2, -0.15) is 0 Å². The number of benzene rings is 3. The van der Waals surface area contributed by atoms with Gasteiger partial charge in [-0.25, -0.2) is 0 Å². The quantitative estimate of drug-likeness (QED) is 0.106. The summed E-state index contributed by atoms with van der Waals surface area (Å²) in [5, 5.41) is 20.7. The highest BCUT2D eigenvalue weighted by Crippen LogP contribution is 2.52. The van der Waals surface area contributed by atoms with Gasteiger partial charge >= 0.3 is 11.9 Å². The summed E-state index contributed by atoms with van der Waals surface area (Å²) < 4.78 is 13.5. The summed E-state index contributed by atoms with van der Waals surface area (Å²) in [6, 6.07) is 21.3. The van der Waals surface area contributed by atoms with Crippen LogP contribution >= 0.6 is 11.6 Å². The lowest BCUT2D eigenvalue weighted by Gasteiger charge is -2.13. The lowest BCUT2D eigenvalue weighted by Crippen LogP contribution is -2.13. The molecule has 4 aromatic rings. The first-order valence-electron chi connectivity index (χ1n) is 14.6. The highest BCUT2D eigenvalue weighted by atomic mass is 35.5. The van der Waals surface area contributed by atoms with Crippen LogP contribution < -0.4 is 9.47 Å². The molecule has 1 aliphatic rings. The summed E-state index contributed by atoms with van der Waals surface area (Å²) in [6.07, 6.45) is 8.23. The molecule has 224 valence electrons. The van der Waals surface area contributed by atoms with E-state index in [0.29, 0.717) is 30.4 Å². The first-order valence-corrected chi connectivity index (χ1v) is 14.9. The number of carboxylic acid groups (broad SMARTS) is 2. The first-order chi connectivity index (χ1) is 20.7. The Morgan fingerprint density at radius 1 is 0.907 bits per heavy atom. The van der Waals surface area contributed by atoms with Crippen LogP contribution in [0.3, 0.4) is 0 Å². The third kappa shape index (κ3) is 7.59. The van der Waals surface area contributed by atoms with Crippen LogP contribution in [-0.2, 0) is 22.6 Å². The number of nitrogens with zero attached hydrogens (tertiary/aromatic N) is 1. The third-order valence-electron chi connectivity index (χ3n) is 8.07. The van der Waals surface area contributed by atoms with Gasteiger partial charge in [0.15, 0.2) is 0 Å². The number of para-hydroxylation sites is 2. The molecule has 7 nitrogen and oxygen atoms in total. The standard InChI is InChI=1S/C35H36ClNO6/c1-24-29(21-35(17-18-35)22-32(38)39)28-8-6-7-26(34(28)37(24)23-33(40)41)14-11-25-12-15-27(16-13-25)42-19-4-5-20-43-31-10-3-2-9-30(31)36/h2-3,6-16H,4-5,17-23H2,1H3,(H,38,39)(H,40,41). The minimum Gasteiger partial charge on any atom is -0.494 e. The number of hydrogen-bond donors (Lipinski definition) is 2. The summed E-state index contributed by atoms with van der Waals surface area (Å²) in [4.78, 5) is 23.3. The van der Waals surface area contributed by atoms with Gasteiger partial charge < -0.3 is 24.3 Å². The molecule has 0 saturated heterocycles. The van der Waals surface area contributed by atoms with E-state index in [9.17, 15) is 19.8 Å². The number of rotatable bonds is 15. The summed E-state index contributed by atoms with van der Waals surface area (Å²) in [5.41, 5.74) is 4.45. The van der Waals surface area contributed by atoms with Gasteiger partial charge in [0.1, 0.15) is 18.0 Å². The maximum Gasteiger partial charge on any atom is 0.323 e. The average Bonchev–Trinajstić information content (AvgIpc) is 3.69. The molecule has 0 aliphatic heterocycles. The van der Waals surface area contributed by atoms with E-state index in [0.717, 1.165) is 64.7 Å². The zero-order chi connectivity index (χ0) is 30.4. The van der Waals surface area contributed by atoms with E-state index >= 15 is 0 Å². The molecule has 0 unspecified atom stereocenters. The van der Waals surface area contributed by atoms with Crippen molar-refractivity contribution >= 4 is 46.6 Å². The fourth-order valence-electron chi connectivity index (χ4n) is 5.61. The number of carbonyl (C=O) groups is 2. The maximum atomic E-state index is 11.8. The van der Waals surface area contributed by atoms with Crippen molar-refractivity contribution in [2.24, 2.45) is 5.41 Å². The van der Waals surface area contributed by atoms with Crippen LogP contribution in [0.5, 0.6) is 11.5 Å². The Kier molecular flexibility index (Phi) is 9.41. The molecule has 0 radical (unpaired) electrons. The molecule has 0 spiro atoms. The number of aliphatic carboxylic acids is 2. The summed E-state index contributed by atoms with van der Waals surface area (Å²) in [5.74, 6) is -0.223. The number of aromatic nitrogens is 1. The van der Waals surface area contributed by atoms with Crippen LogP contribution in [0.1, 0.15) is 54.5 Å². The number of carboxylic acids is 2. The SMILES string of the molecule is Cc1c(CC2(CC(=O)O)CC2)c2cccc(C=Cc3ccc(OCCCCOc4ccccc4Cl)cc3)c2n1CC(=O)O. The minimum atomic E-state index is -0.916. The lowest BCUT2D eigenvalue weighted by atomic mass is 9.91. The van der Waals surface area contributed by atoms with Crippen LogP contribution in [0.15, 0.2) is 66.7 Å². The highest BCUT2D eigenvalue weighted by Gasteiger charge is 2.45. The predicted octanol–water partition coefficient (Wildman–Crippen LogP) is 7.89. The lowest BCUT2D eigenvalue weighted by molar-refractivity contribution is -0.139. The van der Waals surface area contributed by atoms with E-state index in [1.165, 1.54) is 0 Å². The molecular formula is C35H36ClNO6. The molecule has 5 rings (SSSR count). The molecule has 8 heteroatoms. The van der Waals surface area contributed by atoms with Crippen molar-refractivity contribution in [1.29, 1.82) is 0 Å². The summed E-state index contributed by atoms with van der Waals surface area (Å²) >= 11 is 6.12. The third-order valence-corrected chi connectivity index (χ3v) is 8.38. The minimum absolute atomic E-state index is 0.134. The normalized spacial score (nSPS) is 13.8. The molecule has 1 fully saturated rings. The monoisotopic (exact) mass is 601 g/mol. The second-order valence-electron chi connectivity index (χ2n) is 11.3. The average molecular weight is 602 g/mol. The van der Waals surface area contributed by atoms with E-state index in [1.807, 2.05) is 90.4 Å². The molecule has 0 amide bonds. The Morgan fingerprint density at radius 2 is 1.63 bits per heavy atom. The molecule has 0 bridgehead atoms. The molecule has 1 heterocycles.